The SMILES string of the molecule is CCOc1ccc(C(=O)NCc2ccc(-c3ccco3)nc2)cc1. The summed E-state index contributed by atoms with van der Waals surface area (Å²) in [6.45, 7) is 2.94. The Labute approximate surface area is 140 Å². The number of benzene rings is 1. The summed E-state index contributed by atoms with van der Waals surface area (Å²) >= 11 is 0. The van der Waals surface area contributed by atoms with Gasteiger partial charge in [0.05, 0.1) is 12.9 Å². The highest BCUT2D eigenvalue weighted by Gasteiger charge is 2.06. The monoisotopic (exact) mass is 322 g/mol. The van der Waals surface area contributed by atoms with Gasteiger partial charge in [-0.15, -0.1) is 0 Å². The molecular formula is C19H18N2O3. The summed E-state index contributed by atoms with van der Waals surface area (Å²) in [6.07, 6.45) is 3.35. The summed E-state index contributed by atoms with van der Waals surface area (Å²) < 4.78 is 10.7. The fourth-order valence-corrected chi connectivity index (χ4v) is 2.25. The van der Waals surface area contributed by atoms with Crippen LogP contribution in [0.15, 0.2) is 65.4 Å². The number of rotatable bonds is 6. The Hall–Kier alpha value is -3.08. The van der Waals surface area contributed by atoms with Gasteiger partial charge in [-0.05, 0) is 55.0 Å². The van der Waals surface area contributed by atoms with E-state index in [1.54, 1.807) is 36.7 Å². The van der Waals surface area contributed by atoms with E-state index in [9.17, 15) is 4.79 Å². The van der Waals surface area contributed by atoms with Crippen molar-refractivity contribution in [3.63, 3.8) is 0 Å². The van der Waals surface area contributed by atoms with Crippen molar-refractivity contribution in [2.24, 2.45) is 0 Å². The Morgan fingerprint density at radius 2 is 2.00 bits per heavy atom. The van der Waals surface area contributed by atoms with Gasteiger partial charge in [-0.25, -0.2) is 0 Å². The van der Waals surface area contributed by atoms with Crippen LogP contribution in [-0.4, -0.2) is 17.5 Å². The summed E-state index contributed by atoms with van der Waals surface area (Å²) in [5, 5.41) is 2.88. The predicted molar refractivity (Wildman–Crippen MR) is 90.7 cm³/mol. The molecule has 5 heteroatoms. The molecule has 0 unspecified atom stereocenters. The second kappa shape index (κ2) is 7.46. The van der Waals surface area contributed by atoms with E-state index in [4.69, 9.17) is 9.15 Å². The van der Waals surface area contributed by atoms with Crippen molar-refractivity contribution in [1.29, 1.82) is 0 Å². The third-order valence-corrected chi connectivity index (χ3v) is 3.48. The van der Waals surface area contributed by atoms with Crippen LogP contribution in [0, 0.1) is 0 Å². The standard InChI is InChI=1S/C19H18N2O3/c1-2-23-16-8-6-15(7-9-16)19(22)21-13-14-5-10-17(20-12-14)18-4-3-11-24-18/h3-12H,2,13H2,1H3,(H,21,22). The van der Waals surface area contributed by atoms with E-state index >= 15 is 0 Å². The number of furan rings is 1. The number of aromatic nitrogens is 1. The van der Waals surface area contributed by atoms with Crippen LogP contribution in [0.3, 0.4) is 0 Å². The largest absolute Gasteiger partial charge is 0.494 e. The van der Waals surface area contributed by atoms with Crippen molar-refractivity contribution in [3.8, 4) is 17.2 Å². The zero-order valence-corrected chi connectivity index (χ0v) is 13.4. The van der Waals surface area contributed by atoms with Crippen LogP contribution in [0.5, 0.6) is 5.75 Å². The number of nitrogens with zero attached hydrogens (tertiary/aromatic N) is 1. The summed E-state index contributed by atoms with van der Waals surface area (Å²) in [6, 6.07) is 14.5. The molecular weight excluding hydrogens is 304 g/mol. The van der Waals surface area contributed by atoms with Crippen LogP contribution in [0.1, 0.15) is 22.8 Å². The van der Waals surface area contributed by atoms with Crippen molar-refractivity contribution in [2.75, 3.05) is 6.61 Å². The highest BCUT2D eigenvalue weighted by Crippen LogP contribution is 2.17. The maximum atomic E-state index is 12.2. The highest BCUT2D eigenvalue weighted by atomic mass is 16.5. The van der Waals surface area contributed by atoms with Gasteiger partial charge in [0.1, 0.15) is 11.4 Å². The minimum absolute atomic E-state index is 0.131. The molecule has 0 saturated heterocycles. The van der Waals surface area contributed by atoms with Gasteiger partial charge in [-0.1, -0.05) is 6.07 Å². The molecule has 1 amide bonds. The zero-order valence-electron chi connectivity index (χ0n) is 13.4. The van der Waals surface area contributed by atoms with E-state index < -0.39 is 0 Å². The Kier molecular flexibility index (Phi) is 4.91. The molecule has 1 aromatic carbocycles. The Bertz CT molecular complexity index is 778. The van der Waals surface area contributed by atoms with E-state index in [1.807, 2.05) is 31.2 Å². The van der Waals surface area contributed by atoms with Gasteiger partial charge in [0.25, 0.3) is 5.91 Å². The molecule has 0 aliphatic rings. The van der Waals surface area contributed by atoms with Crippen LogP contribution >= 0.6 is 0 Å². The lowest BCUT2D eigenvalue weighted by Gasteiger charge is -2.07. The molecule has 2 aromatic heterocycles. The Morgan fingerprint density at radius 1 is 1.17 bits per heavy atom. The average molecular weight is 322 g/mol. The minimum atomic E-state index is -0.131. The molecule has 0 aliphatic carbocycles. The second-order valence-electron chi connectivity index (χ2n) is 5.17. The third-order valence-electron chi connectivity index (χ3n) is 3.48. The molecule has 0 radical (unpaired) electrons. The summed E-state index contributed by atoms with van der Waals surface area (Å²) in [4.78, 5) is 16.5. The molecule has 24 heavy (non-hydrogen) atoms. The molecule has 0 aliphatic heterocycles. The number of hydrogen-bond donors (Lipinski definition) is 1. The lowest BCUT2D eigenvalue weighted by molar-refractivity contribution is 0.0951. The third kappa shape index (κ3) is 3.81. The number of carbonyl (C=O) groups is 1. The normalized spacial score (nSPS) is 10.4. The fraction of sp³-hybridized carbons (Fsp3) is 0.158. The van der Waals surface area contributed by atoms with Crippen LogP contribution in [0.2, 0.25) is 0 Å². The average Bonchev–Trinajstić information content (AvgIpc) is 3.16. The van der Waals surface area contributed by atoms with Crippen LogP contribution < -0.4 is 10.1 Å². The quantitative estimate of drug-likeness (QED) is 0.752. The van der Waals surface area contributed by atoms with E-state index in [-0.39, 0.29) is 5.91 Å². The van der Waals surface area contributed by atoms with Gasteiger partial charge in [-0.3, -0.25) is 9.78 Å². The van der Waals surface area contributed by atoms with Gasteiger partial charge in [0, 0.05) is 18.3 Å². The van der Waals surface area contributed by atoms with Crippen molar-refractivity contribution >= 4 is 5.91 Å². The molecule has 3 rings (SSSR count). The van der Waals surface area contributed by atoms with E-state index in [2.05, 4.69) is 10.3 Å². The van der Waals surface area contributed by atoms with E-state index in [0.717, 1.165) is 22.8 Å². The Balaban J connectivity index is 1.57. The molecule has 122 valence electrons. The number of ether oxygens (including phenoxy) is 1. The first-order valence-electron chi connectivity index (χ1n) is 7.76. The highest BCUT2D eigenvalue weighted by molar-refractivity contribution is 5.94. The van der Waals surface area contributed by atoms with Crippen LogP contribution in [0.25, 0.3) is 11.5 Å². The maximum absolute atomic E-state index is 12.2. The molecule has 0 spiro atoms. The van der Waals surface area contributed by atoms with Crippen molar-refractivity contribution < 1.29 is 13.9 Å². The summed E-state index contributed by atoms with van der Waals surface area (Å²) in [5.41, 5.74) is 2.28. The lowest BCUT2D eigenvalue weighted by Crippen LogP contribution is -2.22. The van der Waals surface area contributed by atoms with Gasteiger partial charge in [0.15, 0.2) is 5.76 Å². The molecule has 0 saturated carbocycles. The van der Waals surface area contributed by atoms with E-state index in [1.165, 1.54) is 0 Å². The van der Waals surface area contributed by atoms with Crippen molar-refractivity contribution in [2.45, 2.75) is 13.5 Å². The first-order valence-corrected chi connectivity index (χ1v) is 7.76. The molecule has 0 fully saturated rings. The number of nitrogens with one attached hydrogen (secondary N) is 1. The summed E-state index contributed by atoms with van der Waals surface area (Å²) in [7, 11) is 0. The van der Waals surface area contributed by atoms with Gasteiger partial charge in [0.2, 0.25) is 0 Å². The zero-order chi connectivity index (χ0) is 16.8. The van der Waals surface area contributed by atoms with Crippen LogP contribution in [-0.2, 0) is 6.54 Å². The first-order chi connectivity index (χ1) is 11.8. The van der Waals surface area contributed by atoms with Gasteiger partial charge >= 0.3 is 0 Å². The summed E-state index contributed by atoms with van der Waals surface area (Å²) in [5.74, 6) is 1.35. The van der Waals surface area contributed by atoms with Crippen molar-refractivity contribution in [3.05, 3.63) is 72.1 Å². The molecule has 3 aromatic rings. The van der Waals surface area contributed by atoms with Gasteiger partial charge in [-0.2, -0.15) is 0 Å². The second-order valence-corrected chi connectivity index (χ2v) is 5.17. The lowest BCUT2D eigenvalue weighted by atomic mass is 10.2. The molecule has 5 nitrogen and oxygen atoms in total. The number of amides is 1. The molecule has 1 N–H and O–H groups in total. The fourth-order valence-electron chi connectivity index (χ4n) is 2.25. The first kappa shape index (κ1) is 15.8. The smallest absolute Gasteiger partial charge is 0.251 e. The minimum Gasteiger partial charge on any atom is -0.494 e. The molecule has 0 atom stereocenters. The predicted octanol–water partition coefficient (Wildman–Crippen LogP) is 3.67. The van der Waals surface area contributed by atoms with E-state index in [0.29, 0.717) is 18.7 Å². The number of pyridine rings is 1. The molecule has 2 heterocycles. The van der Waals surface area contributed by atoms with Gasteiger partial charge < -0.3 is 14.5 Å². The van der Waals surface area contributed by atoms with Crippen LogP contribution in [0.4, 0.5) is 0 Å². The maximum Gasteiger partial charge on any atom is 0.251 e. The Morgan fingerprint density at radius 3 is 2.62 bits per heavy atom. The molecule has 0 bridgehead atoms. The number of hydrogen-bond acceptors (Lipinski definition) is 4. The number of carbonyl (C=O) groups excluding carboxylic acids is 1. The van der Waals surface area contributed by atoms with Crippen molar-refractivity contribution in [1.82, 2.24) is 10.3 Å². The topological polar surface area (TPSA) is 64.4 Å².